The molecule has 0 aliphatic heterocycles. The zero-order valence-electron chi connectivity index (χ0n) is 11.2. The van der Waals surface area contributed by atoms with Gasteiger partial charge < -0.3 is 10.4 Å². The van der Waals surface area contributed by atoms with Gasteiger partial charge in [0.25, 0.3) is 0 Å². The molecule has 0 radical (unpaired) electrons. The average molecular weight is 269 g/mol. The van der Waals surface area contributed by atoms with Crippen molar-refractivity contribution in [2.45, 2.75) is 45.4 Å². The van der Waals surface area contributed by atoms with Crippen molar-refractivity contribution >= 4 is 16.7 Å². The number of nitrogens with zero attached hydrogens (tertiary/aromatic N) is 2. The third-order valence-corrected chi connectivity index (χ3v) is 4.46. The molecule has 1 aromatic heterocycles. The van der Waals surface area contributed by atoms with Crippen molar-refractivity contribution in [3.63, 3.8) is 0 Å². The van der Waals surface area contributed by atoms with Crippen LogP contribution in [0, 0.1) is 11.8 Å². The highest BCUT2D eigenvalue weighted by molar-refractivity contribution is 7.09. The molecule has 1 aliphatic rings. The number of aromatic nitrogens is 2. The van der Waals surface area contributed by atoms with Crippen LogP contribution in [0.15, 0.2) is 0 Å². The molecule has 0 bridgehead atoms. The van der Waals surface area contributed by atoms with Gasteiger partial charge in [0.15, 0.2) is 0 Å². The minimum Gasteiger partial charge on any atom is -0.396 e. The van der Waals surface area contributed by atoms with Gasteiger partial charge in [-0.1, -0.05) is 26.7 Å². The quantitative estimate of drug-likeness (QED) is 0.863. The lowest BCUT2D eigenvalue weighted by Gasteiger charge is -2.30. The van der Waals surface area contributed by atoms with Crippen molar-refractivity contribution in [3.05, 3.63) is 5.82 Å². The smallest absolute Gasteiger partial charge is 0.202 e. The highest BCUT2D eigenvalue weighted by atomic mass is 32.1. The standard InChI is InChI=1S/C13H23N3OS/c1-9(2)12-15-13(18-16-12)14-7-10-5-3-4-6-11(10)8-17/h9-11,17H,3-8H2,1-2H3,(H,14,15,16). The summed E-state index contributed by atoms with van der Waals surface area (Å²) >= 11 is 1.44. The first-order valence-electron chi connectivity index (χ1n) is 6.89. The number of hydrogen-bond donors (Lipinski definition) is 2. The van der Waals surface area contributed by atoms with E-state index in [1.54, 1.807) is 0 Å². The molecule has 1 aromatic rings. The van der Waals surface area contributed by atoms with Crippen LogP contribution >= 0.6 is 11.5 Å². The first-order chi connectivity index (χ1) is 8.70. The topological polar surface area (TPSA) is 58.0 Å². The van der Waals surface area contributed by atoms with Crippen molar-refractivity contribution in [2.75, 3.05) is 18.5 Å². The zero-order valence-corrected chi connectivity index (χ0v) is 12.0. The van der Waals surface area contributed by atoms with E-state index in [1.165, 1.54) is 30.8 Å². The lowest BCUT2D eigenvalue weighted by atomic mass is 9.80. The van der Waals surface area contributed by atoms with Gasteiger partial charge in [0.1, 0.15) is 5.82 Å². The summed E-state index contributed by atoms with van der Waals surface area (Å²) in [5, 5.41) is 13.7. The van der Waals surface area contributed by atoms with Crippen molar-refractivity contribution in [1.82, 2.24) is 9.36 Å². The van der Waals surface area contributed by atoms with Gasteiger partial charge in [-0.25, -0.2) is 4.98 Å². The number of nitrogens with one attached hydrogen (secondary N) is 1. The molecule has 2 N–H and O–H groups in total. The average Bonchev–Trinajstić information content (AvgIpc) is 2.85. The molecular formula is C13H23N3OS. The maximum Gasteiger partial charge on any atom is 0.202 e. The summed E-state index contributed by atoms with van der Waals surface area (Å²) in [5.41, 5.74) is 0. The lowest BCUT2D eigenvalue weighted by Crippen LogP contribution is -2.28. The van der Waals surface area contributed by atoms with Crippen molar-refractivity contribution in [1.29, 1.82) is 0 Å². The lowest BCUT2D eigenvalue weighted by molar-refractivity contribution is 0.141. The zero-order chi connectivity index (χ0) is 13.0. The Hall–Kier alpha value is -0.680. The van der Waals surface area contributed by atoms with E-state index < -0.39 is 0 Å². The first kappa shape index (κ1) is 13.7. The normalized spacial score (nSPS) is 24.4. The number of aliphatic hydroxyl groups is 1. The molecule has 18 heavy (non-hydrogen) atoms. The van der Waals surface area contributed by atoms with Crippen LogP contribution in [0.2, 0.25) is 0 Å². The van der Waals surface area contributed by atoms with E-state index >= 15 is 0 Å². The van der Waals surface area contributed by atoms with Crippen LogP contribution in [0.3, 0.4) is 0 Å². The van der Waals surface area contributed by atoms with Crippen LogP contribution in [0.5, 0.6) is 0 Å². The molecule has 0 amide bonds. The molecular weight excluding hydrogens is 246 g/mol. The summed E-state index contributed by atoms with van der Waals surface area (Å²) in [6, 6.07) is 0. The highest BCUT2D eigenvalue weighted by Crippen LogP contribution is 2.30. The summed E-state index contributed by atoms with van der Waals surface area (Å²) in [4.78, 5) is 4.48. The minimum atomic E-state index is 0.319. The van der Waals surface area contributed by atoms with Crippen molar-refractivity contribution < 1.29 is 5.11 Å². The Bertz CT molecular complexity index is 367. The molecule has 2 atom stereocenters. The van der Waals surface area contributed by atoms with Crippen LogP contribution in [-0.4, -0.2) is 27.6 Å². The summed E-state index contributed by atoms with van der Waals surface area (Å²) in [6.45, 7) is 5.45. The van der Waals surface area contributed by atoms with Gasteiger partial charge in [-0.05, 0) is 24.7 Å². The van der Waals surface area contributed by atoms with Gasteiger partial charge in [0.2, 0.25) is 5.13 Å². The van der Waals surface area contributed by atoms with E-state index in [0.29, 0.717) is 24.4 Å². The molecule has 0 saturated heterocycles. The molecule has 0 spiro atoms. The third kappa shape index (κ3) is 3.42. The van der Waals surface area contributed by atoms with E-state index in [1.807, 2.05) is 0 Å². The van der Waals surface area contributed by atoms with Gasteiger partial charge >= 0.3 is 0 Å². The number of rotatable bonds is 5. The predicted octanol–water partition coefficient (Wildman–Crippen LogP) is 2.87. The fourth-order valence-corrected chi connectivity index (χ4v) is 3.27. The molecule has 5 heteroatoms. The monoisotopic (exact) mass is 269 g/mol. The predicted molar refractivity (Wildman–Crippen MR) is 75.0 cm³/mol. The SMILES string of the molecule is CC(C)c1nsc(NCC2CCCCC2CO)n1. The fraction of sp³-hybridized carbons (Fsp3) is 0.846. The fourth-order valence-electron chi connectivity index (χ4n) is 2.55. The number of anilines is 1. The Kier molecular flexibility index (Phi) is 4.95. The summed E-state index contributed by atoms with van der Waals surface area (Å²) in [5.74, 6) is 2.35. The molecule has 1 saturated carbocycles. The van der Waals surface area contributed by atoms with Crippen LogP contribution < -0.4 is 5.32 Å². The molecule has 1 fully saturated rings. The van der Waals surface area contributed by atoms with Crippen LogP contribution in [-0.2, 0) is 0 Å². The molecule has 0 aromatic carbocycles. The molecule has 2 rings (SSSR count). The molecule has 1 aliphatic carbocycles. The molecule has 102 valence electrons. The van der Waals surface area contributed by atoms with E-state index in [4.69, 9.17) is 0 Å². The Morgan fingerprint density at radius 1 is 1.33 bits per heavy atom. The van der Waals surface area contributed by atoms with Crippen LogP contribution in [0.1, 0.15) is 51.3 Å². The van der Waals surface area contributed by atoms with Crippen molar-refractivity contribution in [3.8, 4) is 0 Å². The Morgan fingerprint density at radius 2 is 2.06 bits per heavy atom. The summed E-state index contributed by atoms with van der Waals surface area (Å²) < 4.78 is 4.34. The third-order valence-electron chi connectivity index (χ3n) is 3.77. The Morgan fingerprint density at radius 3 is 2.67 bits per heavy atom. The van der Waals surface area contributed by atoms with E-state index in [2.05, 4.69) is 28.5 Å². The molecule has 2 unspecified atom stereocenters. The highest BCUT2D eigenvalue weighted by Gasteiger charge is 2.24. The number of hydrogen-bond acceptors (Lipinski definition) is 5. The van der Waals surface area contributed by atoms with Gasteiger partial charge in [0, 0.05) is 30.6 Å². The first-order valence-corrected chi connectivity index (χ1v) is 7.66. The number of aliphatic hydroxyl groups excluding tert-OH is 1. The van der Waals surface area contributed by atoms with Crippen LogP contribution in [0.4, 0.5) is 5.13 Å². The van der Waals surface area contributed by atoms with Crippen LogP contribution in [0.25, 0.3) is 0 Å². The van der Waals surface area contributed by atoms with E-state index in [9.17, 15) is 5.11 Å². The Balaban J connectivity index is 1.85. The van der Waals surface area contributed by atoms with Crippen molar-refractivity contribution in [2.24, 2.45) is 11.8 Å². The maximum atomic E-state index is 9.38. The summed E-state index contributed by atoms with van der Waals surface area (Å²) in [7, 11) is 0. The Labute approximate surface area is 113 Å². The summed E-state index contributed by atoms with van der Waals surface area (Å²) in [6.07, 6.45) is 4.93. The second-order valence-corrected chi connectivity index (χ2v) is 6.23. The molecule has 4 nitrogen and oxygen atoms in total. The van der Waals surface area contributed by atoms with Gasteiger partial charge in [-0.15, -0.1) is 0 Å². The molecule has 1 heterocycles. The van der Waals surface area contributed by atoms with Gasteiger partial charge in [-0.2, -0.15) is 4.37 Å². The maximum absolute atomic E-state index is 9.38. The second kappa shape index (κ2) is 6.48. The second-order valence-electron chi connectivity index (χ2n) is 5.48. The minimum absolute atomic E-state index is 0.319. The van der Waals surface area contributed by atoms with E-state index in [0.717, 1.165) is 23.9 Å². The van der Waals surface area contributed by atoms with Gasteiger partial charge in [-0.3, -0.25) is 0 Å². The van der Waals surface area contributed by atoms with Gasteiger partial charge in [0.05, 0.1) is 0 Å². The largest absolute Gasteiger partial charge is 0.396 e. The van der Waals surface area contributed by atoms with E-state index in [-0.39, 0.29) is 0 Å².